The first-order chi connectivity index (χ1) is 8.63. The van der Waals surface area contributed by atoms with E-state index in [1.165, 1.54) is 23.2 Å². The summed E-state index contributed by atoms with van der Waals surface area (Å²) in [5.41, 5.74) is 6.10. The monoisotopic (exact) mass is 281 g/mol. The van der Waals surface area contributed by atoms with Crippen molar-refractivity contribution in [2.45, 2.75) is 0 Å². The minimum atomic E-state index is -0.294. The molecule has 0 unspecified atom stereocenters. The van der Waals surface area contributed by atoms with Gasteiger partial charge < -0.3 is 10.3 Å². The average Bonchev–Trinajstić information content (AvgIpc) is 2.83. The van der Waals surface area contributed by atoms with E-state index in [1.807, 2.05) is 0 Å². The topological polar surface area (TPSA) is 60.9 Å². The largest absolute Gasteiger partial charge is 0.403 e. The third kappa shape index (κ3) is 2.39. The lowest BCUT2D eigenvalue weighted by molar-refractivity contribution is 0.105. The molecular weight excluding hydrogens is 273 g/mol. The molecule has 18 heavy (non-hydrogen) atoms. The number of aromatic nitrogens is 2. The number of benzene rings is 1. The maximum Gasteiger partial charge on any atom is 0.212 e. The Morgan fingerprint density at radius 3 is 2.72 bits per heavy atom. The zero-order valence-corrected chi connectivity index (χ0v) is 10.7. The molecule has 1 aromatic carbocycles. The predicted octanol–water partition coefficient (Wildman–Crippen LogP) is 2.83. The number of nitrogens with zero attached hydrogens (tertiary/aromatic N) is 2. The average molecular weight is 282 g/mol. The van der Waals surface area contributed by atoms with E-state index >= 15 is 0 Å². The Morgan fingerprint density at radius 1 is 1.39 bits per heavy atom. The third-order valence-corrected chi connectivity index (χ3v) is 2.90. The number of imidazole rings is 1. The summed E-state index contributed by atoms with van der Waals surface area (Å²) in [6.45, 7) is 0. The zero-order valence-electron chi connectivity index (χ0n) is 9.18. The van der Waals surface area contributed by atoms with Crippen molar-refractivity contribution < 1.29 is 4.79 Å². The van der Waals surface area contributed by atoms with Crippen molar-refractivity contribution in [3.63, 3.8) is 0 Å². The highest BCUT2D eigenvalue weighted by atomic mass is 35.5. The number of Topliss-reactive ketones (excluding diaryl/α,β-unsaturated/α-hetero) is 1. The molecule has 2 rings (SSSR count). The smallest absolute Gasteiger partial charge is 0.212 e. The van der Waals surface area contributed by atoms with Crippen molar-refractivity contribution in [3.8, 4) is 0 Å². The minimum Gasteiger partial charge on any atom is -0.403 e. The first-order valence-corrected chi connectivity index (χ1v) is 5.79. The number of carbonyl (C=O) groups excluding carboxylic acids is 1. The molecule has 2 aromatic rings. The van der Waals surface area contributed by atoms with E-state index in [0.29, 0.717) is 10.6 Å². The Morgan fingerprint density at radius 2 is 2.17 bits per heavy atom. The van der Waals surface area contributed by atoms with Gasteiger partial charge in [-0.1, -0.05) is 23.2 Å². The molecule has 0 saturated carbocycles. The Balaban J connectivity index is 2.42. The molecule has 1 aromatic heterocycles. The SMILES string of the molecule is N/C=C(\C(=O)c1ccc(Cl)cc1Cl)n1ccnc1. The van der Waals surface area contributed by atoms with Crippen molar-refractivity contribution in [2.24, 2.45) is 5.73 Å². The fraction of sp³-hybridized carbons (Fsp3) is 0. The minimum absolute atomic E-state index is 0.275. The molecule has 0 saturated heterocycles. The lowest BCUT2D eigenvalue weighted by Crippen LogP contribution is -2.10. The number of carbonyl (C=O) groups is 1. The number of hydrogen-bond donors (Lipinski definition) is 1. The quantitative estimate of drug-likeness (QED) is 0.695. The summed E-state index contributed by atoms with van der Waals surface area (Å²) in [5.74, 6) is -0.294. The van der Waals surface area contributed by atoms with Crippen LogP contribution in [0.15, 0.2) is 43.1 Å². The molecule has 0 bridgehead atoms. The molecule has 6 heteroatoms. The molecule has 0 amide bonds. The van der Waals surface area contributed by atoms with Crippen LogP contribution in [0.25, 0.3) is 5.70 Å². The van der Waals surface area contributed by atoms with E-state index in [9.17, 15) is 4.79 Å². The molecule has 4 nitrogen and oxygen atoms in total. The fourth-order valence-electron chi connectivity index (χ4n) is 1.49. The fourth-order valence-corrected chi connectivity index (χ4v) is 1.99. The van der Waals surface area contributed by atoms with Crippen LogP contribution in [0.2, 0.25) is 10.0 Å². The van der Waals surface area contributed by atoms with E-state index in [1.54, 1.807) is 24.5 Å². The van der Waals surface area contributed by atoms with Gasteiger partial charge in [-0.25, -0.2) is 4.98 Å². The van der Waals surface area contributed by atoms with Crippen LogP contribution in [0.5, 0.6) is 0 Å². The number of ketones is 1. The van der Waals surface area contributed by atoms with E-state index in [0.717, 1.165) is 0 Å². The Bertz CT molecular complexity index is 606. The first-order valence-electron chi connectivity index (χ1n) is 5.03. The molecule has 0 spiro atoms. The zero-order chi connectivity index (χ0) is 13.1. The summed E-state index contributed by atoms with van der Waals surface area (Å²) in [7, 11) is 0. The lowest BCUT2D eigenvalue weighted by atomic mass is 10.1. The summed E-state index contributed by atoms with van der Waals surface area (Å²) in [4.78, 5) is 16.1. The van der Waals surface area contributed by atoms with Crippen LogP contribution < -0.4 is 5.73 Å². The Labute approximate surface area is 114 Å². The van der Waals surface area contributed by atoms with Gasteiger partial charge in [-0.15, -0.1) is 0 Å². The molecule has 92 valence electrons. The van der Waals surface area contributed by atoms with Crippen LogP contribution in [0.3, 0.4) is 0 Å². The van der Waals surface area contributed by atoms with E-state index in [-0.39, 0.29) is 16.5 Å². The lowest BCUT2D eigenvalue weighted by Gasteiger charge is -2.08. The van der Waals surface area contributed by atoms with Crippen molar-refractivity contribution in [1.82, 2.24) is 9.55 Å². The maximum atomic E-state index is 12.3. The molecule has 1 heterocycles. The normalized spacial score (nSPS) is 11.6. The van der Waals surface area contributed by atoms with Gasteiger partial charge in [0.2, 0.25) is 5.78 Å². The highest BCUT2D eigenvalue weighted by Gasteiger charge is 2.16. The van der Waals surface area contributed by atoms with Gasteiger partial charge in [0.25, 0.3) is 0 Å². The van der Waals surface area contributed by atoms with Crippen LogP contribution in [0.4, 0.5) is 0 Å². The third-order valence-electron chi connectivity index (χ3n) is 2.35. The molecule has 0 radical (unpaired) electrons. The summed E-state index contributed by atoms with van der Waals surface area (Å²) < 4.78 is 1.52. The van der Waals surface area contributed by atoms with E-state index in [2.05, 4.69) is 4.98 Å². The van der Waals surface area contributed by atoms with Crippen molar-refractivity contribution in [3.05, 3.63) is 58.7 Å². The van der Waals surface area contributed by atoms with Crippen LogP contribution in [-0.4, -0.2) is 15.3 Å². The molecule has 0 fully saturated rings. The van der Waals surface area contributed by atoms with Crippen LogP contribution in [-0.2, 0) is 0 Å². The van der Waals surface area contributed by atoms with Crippen molar-refractivity contribution in [2.75, 3.05) is 0 Å². The van der Waals surface area contributed by atoms with Crippen molar-refractivity contribution >= 4 is 34.7 Å². The molecule has 0 aliphatic rings. The van der Waals surface area contributed by atoms with Crippen LogP contribution in [0.1, 0.15) is 10.4 Å². The number of rotatable bonds is 3. The van der Waals surface area contributed by atoms with Gasteiger partial charge in [0.15, 0.2) is 0 Å². The summed E-state index contributed by atoms with van der Waals surface area (Å²) >= 11 is 11.8. The summed E-state index contributed by atoms with van der Waals surface area (Å²) in [6.07, 6.45) is 5.88. The predicted molar refractivity (Wildman–Crippen MR) is 71.5 cm³/mol. The Hall–Kier alpha value is -1.78. The summed E-state index contributed by atoms with van der Waals surface area (Å²) in [6, 6.07) is 4.68. The number of halogens is 2. The molecular formula is C12H9Cl2N3O. The van der Waals surface area contributed by atoms with Gasteiger partial charge in [0.05, 0.1) is 11.3 Å². The van der Waals surface area contributed by atoms with Gasteiger partial charge in [-0.05, 0) is 18.2 Å². The Kier molecular flexibility index (Phi) is 3.69. The second-order valence-electron chi connectivity index (χ2n) is 3.48. The number of hydrogen-bond acceptors (Lipinski definition) is 3. The van der Waals surface area contributed by atoms with Gasteiger partial charge >= 0.3 is 0 Å². The van der Waals surface area contributed by atoms with Gasteiger partial charge in [0.1, 0.15) is 5.70 Å². The van der Waals surface area contributed by atoms with Crippen LogP contribution in [0, 0.1) is 0 Å². The van der Waals surface area contributed by atoms with Gasteiger partial charge in [-0.2, -0.15) is 0 Å². The van der Waals surface area contributed by atoms with Crippen LogP contribution >= 0.6 is 23.2 Å². The highest BCUT2D eigenvalue weighted by Crippen LogP contribution is 2.24. The molecule has 0 aliphatic carbocycles. The molecule has 0 aliphatic heterocycles. The van der Waals surface area contributed by atoms with Gasteiger partial charge in [-0.3, -0.25) is 4.79 Å². The molecule has 2 N–H and O–H groups in total. The van der Waals surface area contributed by atoms with Crippen molar-refractivity contribution in [1.29, 1.82) is 0 Å². The highest BCUT2D eigenvalue weighted by molar-refractivity contribution is 6.39. The first kappa shape index (κ1) is 12.7. The maximum absolute atomic E-state index is 12.3. The number of allylic oxidation sites excluding steroid dienone is 1. The summed E-state index contributed by atoms with van der Waals surface area (Å²) in [5, 5.41) is 0.754. The van der Waals surface area contributed by atoms with E-state index < -0.39 is 0 Å². The molecule has 0 atom stereocenters. The standard InChI is InChI=1S/C12H9Cl2N3O/c13-8-1-2-9(10(14)5-8)12(18)11(6-15)17-4-3-16-7-17/h1-7H,15H2/b11-6+. The van der Waals surface area contributed by atoms with Gasteiger partial charge in [0, 0.05) is 29.2 Å². The second kappa shape index (κ2) is 5.25. The second-order valence-corrected chi connectivity index (χ2v) is 4.32. The number of nitrogens with two attached hydrogens (primary N) is 1. The van der Waals surface area contributed by atoms with E-state index in [4.69, 9.17) is 28.9 Å².